The van der Waals surface area contributed by atoms with E-state index in [4.69, 9.17) is 4.74 Å². The van der Waals surface area contributed by atoms with Gasteiger partial charge in [-0.3, -0.25) is 4.79 Å². The van der Waals surface area contributed by atoms with Crippen molar-refractivity contribution in [3.05, 3.63) is 29.8 Å². The predicted molar refractivity (Wildman–Crippen MR) is 104 cm³/mol. The zero-order valence-electron chi connectivity index (χ0n) is 16.5. The van der Waals surface area contributed by atoms with Crippen LogP contribution in [0.5, 0.6) is 5.75 Å². The fourth-order valence-corrected chi connectivity index (χ4v) is 5.98. The van der Waals surface area contributed by atoms with Crippen LogP contribution in [0.3, 0.4) is 0 Å². The molecule has 0 unspecified atom stereocenters. The average molecular weight is 356 g/mol. The summed E-state index contributed by atoms with van der Waals surface area (Å²) in [6, 6.07) is 8.35. The first-order valence-corrected chi connectivity index (χ1v) is 10.5. The number of hydrogen-bond donors (Lipinski definition) is 1. The Morgan fingerprint density at radius 3 is 2.08 bits per heavy atom. The average Bonchev–Trinajstić information content (AvgIpc) is 2.59. The number of ether oxygens (including phenoxy) is 1. The van der Waals surface area contributed by atoms with Crippen LogP contribution in [0.4, 0.5) is 0 Å². The quantitative estimate of drug-likeness (QED) is 0.787. The Hall–Kier alpha value is -1.51. The molecule has 1 amide bonds. The summed E-state index contributed by atoms with van der Waals surface area (Å²) < 4.78 is 5.91. The van der Waals surface area contributed by atoms with E-state index in [-0.39, 0.29) is 11.5 Å². The molecule has 3 nitrogen and oxygen atoms in total. The molecule has 1 atom stereocenters. The Labute approximate surface area is 157 Å². The first-order valence-electron chi connectivity index (χ1n) is 10.5. The molecule has 142 valence electrons. The topological polar surface area (TPSA) is 38.3 Å². The lowest BCUT2D eigenvalue weighted by atomic mass is 9.49. The van der Waals surface area contributed by atoms with Crippen molar-refractivity contribution in [3.63, 3.8) is 0 Å². The third-order valence-electron chi connectivity index (χ3n) is 6.94. The molecule has 0 spiro atoms. The first-order chi connectivity index (χ1) is 12.4. The van der Waals surface area contributed by atoms with Gasteiger partial charge in [0.05, 0.1) is 6.04 Å². The van der Waals surface area contributed by atoms with Gasteiger partial charge in [-0.05, 0) is 86.8 Å². The highest BCUT2D eigenvalue weighted by atomic mass is 16.5. The highest BCUT2D eigenvalue weighted by molar-refractivity contribution is 5.83. The Balaban J connectivity index is 1.30. The highest BCUT2D eigenvalue weighted by Gasteiger charge is 2.54. The molecule has 4 bridgehead atoms. The van der Waals surface area contributed by atoms with Gasteiger partial charge in [0, 0.05) is 5.41 Å². The molecule has 4 aliphatic carbocycles. The summed E-state index contributed by atoms with van der Waals surface area (Å²) in [7, 11) is 0. The fraction of sp³-hybridized carbons (Fsp3) is 0.696. The second kappa shape index (κ2) is 6.90. The molecule has 26 heavy (non-hydrogen) atoms. The van der Waals surface area contributed by atoms with Crippen molar-refractivity contribution in [2.45, 2.75) is 71.3 Å². The second-order valence-electron chi connectivity index (χ2n) is 9.61. The van der Waals surface area contributed by atoms with E-state index in [1.54, 1.807) is 0 Å². The van der Waals surface area contributed by atoms with Gasteiger partial charge in [-0.2, -0.15) is 0 Å². The molecular formula is C23H33NO2. The molecule has 4 aliphatic rings. The zero-order valence-corrected chi connectivity index (χ0v) is 16.5. The number of rotatable bonds is 6. The zero-order chi connectivity index (χ0) is 18.3. The molecule has 1 N–H and O–H groups in total. The Morgan fingerprint density at radius 2 is 1.58 bits per heavy atom. The van der Waals surface area contributed by atoms with Crippen molar-refractivity contribution in [2.24, 2.45) is 23.2 Å². The van der Waals surface area contributed by atoms with Crippen molar-refractivity contribution < 1.29 is 9.53 Å². The second-order valence-corrected chi connectivity index (χ2v) is 9.61. The molecule has 4 fully saturated rings. The molecule has 0 heterocycles. The van der Waals surface area contributed by atoms with Crippen LogP contribution in [0.15, 0.2) is 24.3 Å². The van der Waals surface area contributed by atoms with Gasteiger partial charge in [0.15, 0.2) is 0 Å². The predicted octanol–water partition coefficient (Wildman–Crippen LogP) is 4.91. The minimum atomic E-state index is -0.0675. The molecule has 0 radical (unpaired) electrons. The molecule has 5 rings (SSSR count). The molecule has 0 aromatic heterocycles. The van der Waals surface area contributed by atoms with Gasteiger partial charge in [0.2, 0.25) is 5.91 Å². The third-order valence-corrected chi connectivity index (χ3v) is 6.94. The number of carbonyl (C=O) groups is 1. The molecule has 3 heteroatoms. The van der Waals surface area contributed by atoms with Gasteiger partial charge in [0.25, 0.3) is 0 Å². The van der Waals surface area contributed by atoms with Gasteiger partial charge < -0.3 is 10.1 Å². The lowest BCUT2D eigenvalue weighted by molar-refractivity contribution is -0.147. The largest absolute Gasteiger partial charge is 0.491 e. The van der Waals surface area contributed by atoms with Crippen molar-refractivity contribution in [3.8, 4) is 5.75 Å². The number of nitrogens with one attached hydrogen (secondary N) is 1. The summed E-state index contributed by atoms with van der Waals surface area (Å²) in [6.07, 6.45) is 7.48. The summed E-state index contributed by atoms with van der Waals surface area (Å²) in [5, 5.41) is 3.27. The number of hydrogen-bond acceptors (Lipinski definition) is 2. The minimum Gasteiger partial charge on any atom is -0.491 e. The van der Waals surface area contributed by atoms with Crippen molar-refractivity contribution >= 4 is 5.91 Å². The third kappa shape index (κ3) is 3.50. The monoisotopic (exact) mass is 355 g/mol. The van der Waals surface area contributed by atoms with Crippen LogP contribution < -0.4 is 10.1 Å². The van der Waals surface area contributed by atoms with Crippen LogP contribution in [0.2, 0.25) is 0 Å². The van der Waals surface area contributed by atoms with E-state index < -0.39 is 0 Å². The first kappa shape index (κ1) is 17.9. The van der Waals surface area contributed by atoms with E-state index in [9.17, 15) is 4.79 Å². The molecular weight excluding hydrogens is 322 g/mol. The maximum Gasteiger partial charge on any atom is 0.226 e. The number of carbonyl (C=O) groups excluding carboxylic acids is 1. The molecule has 0 aliphatic heterocycles. The number of amides is 1. The maximum atomic E-state index is 13.1. The smallest absolute Gasteiger partial charge is 0.226 e. The maximum absolute atomic E-state index is 13.1. The normalized spacial score (nSPS) is 33.3. The van der Waals surface area contributed by atoms with Crippen LogP contribution in [0.1, 0.15) is 70.8 Å². The molecule has 4 saturated carbocycles. The van der Waals surface area contributed by atoms with Gasteiger partial charge in [-0.1, -0.05) is 26.0 Å². The Morgan fingerprint density at radius 1 is 1.04 bits per heavy atom. The summed E-state index contributed by atoms with van der Waals surface area (Å²) in [6.45, 7) is 6.97. The van der Waals surface area contributed by atoms with E-state index in [0.717, 1.165) is 42.8 Å². The summed E-state index contributed by atoms with van der Waals surface area (Å²) in [5.74, 6) is 4.12. The van der Waals surface area contributed by atoms with Crippen molar-refractivity contribution in [1.29, 1.82) is 0 Å². The van der Waals surface area contributed by atoms with Crippen molar-refractivity contribution in [2.75, 3.05) is 6.61 Å². The van der Waals surface area contributed by atoms with Crippen LogP contribution in [-0.4, -0.2) is 18.6 Å². The van der Waals surface area contributed by atoms with E-state index >= 15 is 0 Å². The summed E-state index contributed by atoms with van der Waals surface area (Å²) >= 11 is 0. The van der Waals surface area contributed by atoms with E-state index in [1.807, 2.05) is 12.1 Å². The molecule has 0 saturated heterocycles. The SMILES string of the molecule is CC(C)c1ccc(OC[C@H](C)NC(=O)C23CC4CC(CC(C4)C2)C3)cc1. The standard InChI is InChI=1S/C23H33NO2/c1-15(2)20-4-6-21(7-5-20)26-14-16(3)24-22(25)23-11-17-8-18(12-23)10-19(9-17)13-23/h4-7,15-19H,8-14H2,1-3H3,(H,24,25)/t16-,17?,18?,19?,23?/m0/s1. The Bertz CT molecular complexity index is 613. The lowest BCUT2D eigenvalue weighted by Gasteiger charge is -2.55. The van der Waals surface area contributed by atoms with E-state index in [1.165, 1.54) is 24.8 Å². The molecule has 1 aromatic rings. The van der Waals surface area contributed by atoms with Crippen LogP contribution >= 0.6 is 0 Å². The minimum absolute atomic E-state index is 0.0419. The fourth-order valence-electron chi connectivity index (χ4n) is 5.98. The highest BCUT2D eigenvalue weighted by Crippen LogP contribution is 2.60. The van der Waals surface area contributed by atoms with Gasteiger partial charge in [-0.15, -0.1) is 0 Å². The Kier molecular flexibility index (Phi) is 4.75. The van der Waals surface area contributed by atoms with Gasteiger partial charge in [-0.25, -0.2) is 0 Å². The van der Waals surface area contributed by atoms with E-state index in [0.29, 0.717) is 18.4 Å². The summed E-state index contributed by atoms with van der Waals surface area (Å²) in [5.41, 5.74) is 1.25. The summed E-state index contributed by atoms with van der Waals surface area (Å²) in [4.78, 5) is 13.1. The van der Waals surface area contributed by atoms with Crippen LogP contribution in [0, 0.1) is 23.2 Å². The van der Waals surface area contributed by atoms with Crippen molar-refractivity contribution in [1.82, 2.24) is 5.32 Å². The van der Waals surface area contributed by atoms with Gasteiger partial charge in [0.1, 0.15) is 12.4 Å². The molecule has 1 aromatic carbocycles. The lowest BCUT2D eigenvalue weighted by Crippen LogP contribution is -2.55. The van der Waals surface area contributed by atoms with Crippen LogP contribution in [-0.2, 0) is 4.79 Å². The number of benzene rings is 1. The van der Waals surface area contributed by atoms with Crippen LogP contribution in [0.25, 0.3) is 0 Å². The van der Waals surface area contributed by atoms with Gasteiger partial charge >= 0.3 is 0 Å². The van der Waals surface area contributed by atoms with E-state index in [2.05, 4.69) is 38.2 Å².